The van der Waals surface area contributed by atoms with Gasteiger partial charge in [-0.15, -0.1) is 0 Å². The van der Waals surface area contributed by atoms with Crippen molar-refractivity contribution in [3.8, 4) is 17.2 Å². The van der Waals surface area contributed by atoms with Gasteiger partial charge in [-0.05, 0) is 126 Å². The highest BCUT2D eigenvalue weighted by atomic mass is 32.2. The van der Waals surface area contributed by atoms with Gasteiger partial charge in [0.05, 0.1) is 50.2 Å². The predicted octanol–water partition coefficient (Wildman–Crippen LogP) is 6.19. The Kier molecular flexibility index (Phi) is 20.9. The number of carbonyl (C=O) groups is 7. The minimum Gasteiger partial charge on any atom is -0.489 e. The fraction of sp³-hybridized carbons (Fsp3) is 0.561. The number of nitrogens with zero attached hydrogens (tertiary/aromatic N) is 2. The first-order valence-electron chi connectivity index (χ1n) is 27.5. The number of urea groups is 1. The molecule has 7 amide bonds. The Bertz CT molecular complexity index is 2760. The van der Waals surface area contributed by atoms with Gasteiger partial charge in [-0.2, -0.15) is 22.0 Å². The molecular weight excluding hydrogens is 1070 g/mol. The summed E-state index contributed by atoms with van der Waals surface area (Å²) < 4.78 is 35.9. The number of carbonyl (C=O) groups excluding carboxylic acids is 7. The quantitative estimate of drug-likeness (QED) is 0.0181. The smallest absolute Gasteiger partial charge is 0.315 e. The molecule has 3 fully saturated rings. The van der Waals surface area contributed by atoms with Crippen LogP contribution in [-0.2, 0) is 51.9 Å². The Morgan fingerprint density at radius 3 is 2.17 bits per heavy atom. The molecule has 23 heteroatoms. The largest absolute Gasteiger partial charge is 0.489 e. The molecule has 0 saturated carbocycles. The van der Waals surface area contributed by atoms with E-state index < -0.39 is 46.8 Å². The van der Waals surface area contributed by atoms with Gasteiger partial charge >= 0.3 is 12.0 Å². The number of hydrogen-bond acceptors (Lipinski definition) is 17. The van der Waals surface area contributed by atoms with Crippen LogP contribution in [0, 0.1) is 20.8 Å². The molecule has 2 unspecified atom stereocenters. The van der Waals surface area contributed by atoms with E-state index in [4.69, 9.17) is 28.4 Å². The number of hydrogen-bond donors (Lipinski definition) is 6. The van der Waals surface area contributed by atoms with E-state index in [0.29, 0.717) is 118 Å². The summed E-state index contributed by atoms with van der Waals surface area (Å²) in [6, 6.07) is 13.3. The van der Waals surface area contributed by atoms with Crippen LogP contribution in [0.15, 0.2) is 58.8 Å². The number of rotatable bonds is 31. The molecule has 432 valence electrons. The van der Waals surface area contributed by atoms with Crippen LogP contribution in [0.1, 0.15) is 109 Å². The van der Waals surface area contributed by atoms with Crippen molar-refractivity contribution < 1.29 is 62.0 Å². The third kappa shape index (κ3) is 16.4. The Morgan fingerprint density at radius 2 is 1.50 bits per heavy atom. The van der Waals surface area contributed by atoms with Crippen LogP contribution in [0.3, 0.4) is 0 Å². The summed E-state index contributed by atoms with van der Waals surface area (Å²) in [4.78, 5) is 88.6. The molecule has 0 spiro atoms. The number of nitrogens with one attached hydrogen (secondary N) is 6. The lowest BCUT2D eigenvalue weighted by Crippen LogP contribution is -2.48. The number of thioether (sulfide) groups is 2. The number of ether oxygens (including phenoxy) is 6. The maximum absolute atomic E-state index is 13.8. The summed E-state index contributed by atoms with van der Waals surface area (Å²) in [5.74, 6) is 0.606. The molecule has 21 nitrogen and oxygen atoms in total. The van der Waals surface area contributed by atoms with Crippen molar-refractivity contribution in [3.05, 3.63) is 87.5 Å². The third-order valence-corrected chi connectivity index (χ3v) is 17.4. The number of imide groups is 1. The molecule has 3 saturated heterocycles. The van der Waals surface area contributed by atoms with Crippen molar-refractivity contribution in [2.75, 3.05) is 65.1 Å². The van der Waals surface area contributed by atoms with E-state index in [0.717, 1.165) is 64.6 Å². The van der Waals surface area contributed by atoms with E-state index in [2.05, 4.69) is 42.1 Å². The monoisotopic (exact) mass is 1140 g/mol. The molecule has 3 aromatic rings. The van der Waals surface area contributed by atoms with Gasteiger partial charge in [0.1, 0.15) is 35.5 Å². The summed E-state index contributed by atoms with van der Waals surface area (Å²) in [5.41, 5.74) is 3.86. The summed E-state index contributed by atoms with van der Waals surface area (Å²) in [5, 5.41) is 24.6. The molecule has 3 aromatic carbocycles. The van der Waals surface area contributed by atoms with Gasteiger partial charge in [-0.25, -0.2) is 4.79 Å². The van der Waals surface area contributed by atoms with E-state index in [-0.39, 0.29) is 48.3 Å². The van der Waals surface area contributed by atoms with E-state index in [1.54, 1.807) is 24.3 Å². The van der Waals surface area contributed by atoms with Crippen molar-refractivity contribution in [3.63, 3.8) is 0 Å². The number of unbranched alkanes of at least 4 members (excludes halogenated alkanes) is 1. The summed E-state index contributed by atoms with van der Waals surface area (Å²) in [6.07, 6.45) is 5.61. The first-order chi connectivity index (χ1) is 38.5. The highest BCUT2D eigenvalue weighted by Gasteiger charge is 2.43. The second-order valence-electron chi connectivity index (χ2n) is 21.1. The molecule has 5 heterocycles. The molecule has 0 aliphatic carbocycles. The van der Waals surface area contributed by atoms with E-state index in [1.807, 2.05) is 70.6 Å². The van der Waals surface area contributed by atoms with Crippen LogP contribution < -0.4 is 46.1 Å². The molecule has 0 bridgehead atoms. The van der Waals surface area contributed by atoms with Gasteiger partial charge in [0.2, 0.25) is 23.4 Å². The Morgan fingerprint density at radius 1 is 0.812 bits per heavy atom. The van der Waals surface area contributed by atoms with Gasteiger partial charge in [0.15, 0.2) is 0 Å². The summed E-state index contributed by atoms with van der Waals surface area (Å²) in [6.45, 7) is 12.8. The molecule has 6 atom stereocenters. The average molecular weight is 1140 g/mol. The van der Waals surface area contributed by atoms with Crippen LogP contribution in [0.5, 0.6) is 17.2 Å². The lowest BCUT2D eigenvalue weighted by atomic mass is 9.87. The van der Waals surface area contributed by atoms with Crippen LogP contribution in [0.2, 0.25) is 0 Å². The van der Waals surface area contributed by atoms with Crippen LogP contribution >= 0.6 is 23.5 Å². The molecular formula is C57H74N8O13S2. The highest BCUT2D eigenvalue weighted by molar-refractivity contribution is 8.15. The van der Waals surface area contributed by atoms with Crippen molar-refractivity contribution in [2.24, 2.45) is 10.2 Å². The van der Waals surface area contributed by atoms with Crippen LogP contribution in [0.4, 0.5) is 9.59 Å². The zero-order valence-corrected chi connectivity index (χ0v) is 47.8. The van der Waals surface area contributed by atoms with Gasteiger partial charge in [0, 0.05) is 60.4 Å². The SMILES string of the molecule is Cc1c(C)c2c(c(C)c1OC(=O)C[C@@H](NC(=O)c1ccc(C3(C)N=N3)cc1)C(=O)NCCCOCCOCCOCCCNC(=O)CCCC[C@@H]1SC[C@@H]3NC(=O)N[C@@H]31)CCC(C)(COc1ccc(CC3SC(=O)NC3=O)cc1)O2. The zero-order valence-electron chi connectivity index (χ0n) is 46.2. The summed E-state index contributed by atoms with van der Waals surface area (Å²) >= 11 is 2.88. The van der Waals surface area contributed by atoms with Gasteiger partial charge < -0.3 is 55.0 Å². The summed E-state index contributed by atoms with van der Waals surface area (Å²) in [7, 11) is 0. The number of benzene rings is 3. The minimum absolute atomic E-state index is 0.0368. The second kappa shape index (κ2) is 27.9. The zero-order chi connectivity index (χ0) is 56.8. The minimum atomic E-state index is -1.26. The average Bonchev–Trinajstić information content (AvgIpc) is 3.74. The fourth-order valence-electron chi connectivity index (χ4n) is 9.95. The number of esters is 1. The Hall–Kier alpha value is -6.27. The van der Waals surface area contributed by atoms with Crippen LogP contribution in [-0.4, -0.2) is 140 Å². The number of fused-ring (bicyclic) bond motifs is 2. The molecule has 6 N–H and O–H groups in total. The molecule has 5 aliphatic rings. The highest BCUT2D eigenvalue weighted by Crippen LogP contribution is 2.44. The maximum Gasteiger partial charge on any atom is 0.315 e. The molecule has 8 rings (SSSR count). The maximum atomic E-state index is 13.8. The van der Waals surface area contributed by atoms with Crippen LogP contribution in [0.25, 0.3) is 0 Å². The third-order valence-electron chi connectivity index (χ3n) is 14.9. The Balaban J connectivity index is 0.729. The lowest BCUT2D eigenvalue weighted by Gasteiger charge is -2.37. The number of amides is 7. The topological polar surface area (TPSA) is 272 Å². The first-order valence-corrected chi connectivity index (χ1v) is 29.5. The van der Waals surface area contributed by atoms with Crippen molar-refractivity contribution in [1.82, 2.24) is 31.9 Å². The Labute approximate surface area is 475 Å². The van der Waals surface area contributed by atoms with Crippen molar-refractivity contribution >= 4 is 64.4 Å². The van der Waals surface area contributed by atoms with E-state index >= 15 is 0 Å². The van der Waals surface area contributed by atoms with Gasteiger partial charge in [-0.1, -0.05) is 42.4 Å². The molecule has 0 radical (unpaired) electrons. The first kappa shape index (κ1) is 59.8. The lowest BCUT2D eigenvalue weighted by molar-refractivity contribution is -0.137. The fourth-order valence-corrected chi connectivity index (χ4v) is 12.4. The standard InChI is InChI=1S/C57H74N8O13S2/c1-34-35(2)50-41(20-21-56(4,78-50)33-76-40-18-12-37(13-19-40)30-45-53(70)63-55(72)80-45)36(3)49(34)77-47(67)31-42(60-51(68)38-14-16-39(17-15-38)57(5)64-65-57)52(69)59-23-9-25-74-27-29-75-28-26-73-24-8-22-58-46(66)11-7-6-10-44-48-43(32-79-44)61-54(71)62-48/h12-19,42-45,48H,6-11,20-33H2,1-5H3,(H,58,66)(H,59,69)(H,60,68)(H2,61,62,71)(H,63,70,72)/t42-,43+,44+,45?,48+,56?/m1/s1. The van der Waals surface area contributed by atoms with Crippen molar-refractivity contribution in [2.45, 2.75) is 139 Å². The van der Waals surface area contributed by atoms with E-state index in [1.165, 1.54) is 0 Å². The van der Waals surface area contributed by atoms with Gasteiger partial charge in [-0.3, -0.25) is 34.1 Å². The van der Waals surface area contributed by atoms with Crippen molar-refractivity contribution in [1.29, 1.82) is 0 Å². The molecule has 5 aliphatic heterocycles. The normalized spacial score (nSPS) is 21.5. The predicted molar refractivity (Wildman–Crippen MR) is 300 cm³/mol. The van der Waals surface area contributed by atoms with E-state index in [9.17, 15) is 33.6 Å². The molecule has 80 heavy (non-hydrogen) atoms. The second-order valence-corrected chi connectivity index (χ2v) is 23.6. The van der Waals surface area contributed by atoms with Gasteiger partial charge in [0.25, 0.3) is 11.1 Å². The molecule has 0 aromatic heterocycles.